The van der Waals surface area contributed by atoms with Crippen LogP contribution in [0.15, 0.2) is 18.2 Å². The molecule has 1 saturated carbocycles. The lowest BCUT2D eigenvalue weighted by Crippen LogP contribution is -2.22. The number of hydrogen-bond acceptors (Lipinski definition) is 4. The zero-order valence-electron chi connectivity index (χ0n) is 10.9. The van der Waals surface area contributed by atoms with Gasteiger partial charge in [0.25, 0.3) is 5.91 Å². The Morgan fingerprint density at radius 3 is 2.85 bits per heavy atom. The van der Waals surface area contributed by atoms with Crippen LogP contribution in [0.2, 0.25) is 5.02 Å². The van der Waals surface area contributed by atoms with Crippen molar-refractivity contribution in [3.63, 3.8) is 0 Å². The number of amides is 1. The minimum absolute atomic E-state index is 0.0800. The third-order valence-corrected chi connectivity index (χ3v) is 3.37. The van der Waals surface area contributed by atoms with Crippen LogP contribution in [0, 0.1) is 23.2 Å². The Kier molecular flexibility index (Phi) is 4.26. The molecule has 0 saturated heterocycles. The first-order valence-electron chi connectivity index (χ1n) is 6.17. The summed E-state index contributed by atoms with van der Waals surface area (Å²) in [5, 5.41) is 11.8. The molecule has 104 valence electrons. The third kappa shape index (κ3) is 3.49. The van der Waals surface area contributed by atoms with Gasteiger partial charge in [-0.25, -0.2) is 0 Å². The Morgan fingerprint density at radius 1 is 1.55 bits per heavy atom. The number of hydrogen-bond donors (Lipinski definition) is 1. The summed E-state index contributed by atoms with van der Waals surface area (Å²) >= 11 is 5.80. The molecule has 0 bridgehead atoms. The summed E-state index contributed by atoms with van der Waals surface area (Å²) in [5.41, 5.74) is 0.603. The van der Waals surface area contributed by atoms with Crippen LogP contribution in [0.3, 0.4) is 0 Å². The van der Waals surface area contributed by atoms with Gasteiger partial charge in [-0.05, 0) is 30.5 Å². The van der Waals surface area contributed by atoms with Crippen molar-refractivity contribution >= 4 is 29.2 Å². The molecule has 0 spiro atoms. The number of nitriles is 1. The molecular weight excluding hydrogens is 280 g/mol. The number of nitrogens with zero attached hydrogens (tertiary/aromatic N) is 1. The van der Waals surface area contributed by atoms with Crippen LogP contribution in [-0.4, -0.2) is 18.5 Å². The van der Waals surface area contributed by atoms with Gasteiger partial charge in [0, 0.05) is 5.02 Å². The molecule has 1 aliphatic rings. The molecule has 1 aromatic rings. The number of carbonyl (C=O) groups excluding carboxylic acids is 2. The van der Waals surface area contributed by atoms with Gasteiger partial charge in [-0.2, -0.15) is 5.26 Å². The molecule has 0 radical (unpaired) electrons. The van der Waals surface area contributed by atoms with Gasteiger partial charge in [0.05, 0.1) is 17.2 Å². The van der Waals surface area contributed by atoms with Gasteiger partial charge in [-0.15, -0.1) is 0 Å². The topological polar surface area (TPSA) is 79.2 Å². The van der Waals surface area contributed by atoms with Crippen LogP contribution in [0.4, 0.5) is 5.69 Å². The highest BCUT2D eigenvalue weighted by Gasteiger charge is 2.40. The number of benzene rings is 1. The average molecular weight is 293 g/mol. The van der Waals surface area contributed by atoms with Gasteiger partial charge in [0.2, 0.25) is 0 Å². The fourth-order valence-electron chi connectivity index (χ4n) is 1.80. The number of nitrogens with one attached hydrogen (secondary N) is 1. The van der Waals surface area contributed by atoms with Crippen molar-refractivity contribution in [2.75, 3.05) is 11.9 Å². The summed E-state index contributed by atoms with van der Waals surface area (Å²) < 4.78 is 4.91. The lowest BCUT2D eigenvalue weighted by atomic mass is 10.2. The summed E-state index contributed by atoms with van der Waals surface area (Å²) in [6, 6.07) is 6.49. The summed E-state index contributed by atoms with van der Waals surface area (Å²) in [7, 11) is 0. The first-order valence-corrected chi connectivity index (χ1v) is 6.55. The van der Waals surface area contributed by atoms with Crippen LogP contribution >= 0.6 is 11.6 Å². The molecule has 1 amide bonds. The normalized spacial score (nSPS) is 19.9. The van der Waals surface area contributed by atoms with E-state index in [4.69, 9.17) is 21.6 Å². The third-order valence-electron chi connectivity index (χ3n) is 3.13. The van der Waals surface area contributed by atoms with Gasteiger partial charge in [-0.3, -0.25) is 9.59 Å². The van der Waals surface area contributed by atoms with E-state index < -0.39 is 5.91 Å². The molecule has 2 atom stereocenters. The van der Waals surface area contributed by atoms with E-state index in [0.29, 0.717) is 22.2 Å². The zero-order chi connectivity index (χ0) is 14.7. The molecular formula is C14H13ClN2O3. The van der Waals surface area contributed by atoms with Gasteiger partial charge < -0.3 is 10.1 Å². The molecule has 20 heavy (non-hydrogen) atoms. The van der Waals surface area contributed by atoms with E-state index in [2.05, 4.69) is 5.32 Å². The highest BCUT2D eigenvalue weighted by molar-refractivity contribution is 6.31. The minimum atomic E-state index is -0.495. The Labute approximate surface area is 121 Å². The Bertz CT molecular complexity index is 595. The largest absolute Gasteiger partial charge is 0.455 e. The maximum absolute atomic E-state index is 11.7. The molecule has 5 nitrogen and oxygen atoms in total. The monoisotopic (exact) mass is 292 g/mol. The van der Waals surface area contributed by atoms with E-state index >= 15 is 0 Å². The van der Waals surface area contributed by atoms with Crippen LogP contribution < -0.4 is 5.32 Å². The average Bonchev–Trinajstić information content (AvgIpc) is 3.13. The molecule has 1 aliphatic carbocycles. The van der Waals surface area contributed by atoms with Crippen molar-refractivity contribution < 1.29 is 14.3 Å². The quantitative estimate of drug-likeness (QED) is 0.864. The van der Waals surface area contributed by atoms with E-state index in [0.717, 1.165) is 6.42 Å². The minimum Gasteiger partial charge on any atom is -0.455 e. The fraction of sp³-hybridized carbons (Fsp3) is 0.357. The number of rotatable bonds is 4. The van der Waals surface area contributed by atoms with Gasteiger partial charge in [0.1, 0.15) is 6.07 Å². The highest BCUT2D eigenvalue weighted by atomic mass is 35.5. The standard InChI is InChI=1S/C14H13ClN2O3/c1-8-4-11(8)14(19)20-7-13(18)17-12-5-10(15)3-2-9(12)6-16/h2-3,5,8,11H,4,7H2,1H3,(H,17,18)/t8-,11-/m1/s1. The second-order valence-electron chi connectivity index (χ2n) is 4.78. The molecule has 0 unspecified atom stereocenters. The van der Waals surface area contributed by atoms with Crippen molar-refractivity contribution in [1.82, 2.24) is 0 Å². The van der Waals surface area contributed by atoms with Gasteiger partial charge in [0.15, 0.2) is 6.61 Å². The maximum atomic E-state index is 11.7. The molecule has 6 heteroatoms. The number of carbonyl (C=O) groups is 2. The molecule has 0 aliphatic heterocycles. The number of esters is 1. The summed E-state index contributed by atoms with van der Waals surface area (Å²) in [6.07, 6.45) is 0.813. The van der Waals surface area contributed by atoms with Crippen molar-refractivity contribution in [3.8, 4) is 6.07 Å². The number of anilines is 1. The number of halogens is 1. The van der Waals surface area contributed by atoms with Crippen molar-refractivity contribution in [1.29, 1.82) is 5.26 Å². The first kappa shape index (κ1) is 14.4. The second-order valence-corrected chi connectivity index (χ2v) is 5.21. The first-order chi connectivity index (χ1) is 9.51. The zero-order valence-corrected chi connectivity index (χ0v) is 11.6. The lowest BCUT2D eigenvalue weighted by molar-refractivity contribution is -0.148. The number of ether oxygens (including phenoxy) is 1. The Balaban J connectivity index is 1.90. The van der Waals surface area contributed by atoms with E-state index in [1.807, 2.05) is 13.0 Å². The lowest BCUT2D eigenvalue weighted by Gasteiger charge is -2.08. The summed E-state index contributed by atoms with van der Waals surface area (Å²) in [6.45, 7) is 1.59. The molecule has 1 fully saturated rings. The van der Waals surface area contributed by atoms with E-state index in [-0.39, 0.29) is 18.5 Å². The SMILES string of the molecule is C[C@@H]1C[C@H]1C(=O)OCC(=O)Nc1cc(Cl)ccc1C#N. The Morgan fingerprint density at radius 2 is 2.25 bits per heavy atom. The molecule has 2 rings (SSSR count). The molecule has 0 heterocycles. The smallest absolute Gasteiger partial charge is 0.309 e. The highest BCUT2D eigenvalue weighted by Crippen LogP contribution is 2.38. The second kappa shape index (κ2) is 5.93. The van der Waals surface area contributed by atoms with Crippen LogP contribution in [0.1, 0.15) is 18.9 Å². The summed E-state index contributed by atoms with van der Waals surface area (Å²) in [5.74, 6) is -0.586. The van der Waals surface area contributed by atoms with Gasteiger partial charge >= 0.3 is 5.97 Å². The van der Waals surface area contributed by atoms with Gasteiger partial charge in [-0.1, -0.05) is 18.5 Å². The van der Waals surface area contributed by atoms with E-state index in [9.17, 15) is 9.59 Å². The maximum Gasteiger partial charge on any atom is 0.309 e. The van der Waals surface area contributed by atoms with Crippen LogP contribution in [-0.2, 0) is 14.3 Å². The van der Waals surface area contributed by atoms with Crippen LogP contribution in [0.5, 0.6) is 0 Å². The van der Waals surface area contributed by atoms with E-state index in [1.165, 1.54) is 12.1 Å². The molecule has 0 aromatic heterocycles. The predicted octanol–water partition coefficient (Wildman–Crippen LogP) is 2.35. The predicted molar refractivity (Wildman–Crippen MR) is 73.0 cm³/mol. The van der Waals surface area contributed by atoms with Crippen molar-refractivity contribution in [2.24, 2.45) is 11.8 Å². The van der Waals surface area contributed by atoms with E-state index in [1.54, 1.807) is 6.07 Å². The molecule has 1 N–H and O–H groups in total. The fourth-order valence-corrected chi connectivity index (χ4v) is 1.97. The Hall–Kier alpha value is -2.06. The van der Waals surface area contributed by atoms with Crippen LogP contribution in [0.25, 0.3) is 0 Å². The summed E-state index contributed by atoms with van der Waals surface area (Å²) in [4.78, 5) is 23.2. The van der Waals surface area contributed by atoms with Crippen molar-refractivity contribution in [2.45, 2.75) is 13.3 Å². The molecule has 1 aromatic carbocycles. The van der Waals surface area contributed by atoms with Crippen molar-refractivity contribution in [3.05, 3.63) is 28.8 Å².